The Morgan fingerprint density at radius 2 is 1.33 bits per heavy atom. The minimum absolute atomic E-state index is 0.343. The van der Waals surface area contributed by atoms with Crippen molar-refractivity contribution in [1.29, 1.82) is 0 Å². The number of amides is 1. The smallest absolute Gasteiger partial charge is 0.291 e. The molecule has 1 heterocycles. The van der Waals surface area contributed by atoms with Crippen LogP contribution in [0.5, 0.6) is 0 Å². The van der Waals surface area contributed by atoms with E-state index in [0.717, 1.165) is 11.3 Å². The van der Waals surface area contributed by atoms with Crippen molar-refractivity contribution >= 4 is 17.4 Å². The van der Waals surface area contributed by atoms with Crippen LogP contribution in [0.25, 0.3) is 0 Å². The van der Waals surface area contributed by atoms with Gasteiger partial charge in [0.2, 0.25) is 5.78 Å². The van der Waals surface area contributed by atoms with E-state index in [-0.39, 0.29) is 5.78 Å². The number of benzene rings is 2. The summed E-state index contributed by atoms with van der Waals surface area (Å²) in [5.74, 6) is -0.778. The van der Waals surface area contributed by atoms with Crippen molar-refractivity contribution in [3.8, 4) is 0 Å². The number of carbonyl (C=O) groups is 2. The van der Waals surface area contributed by atoms with Crippen molar-refractivity contribution in [3.05, 3.63) is 66.2 Å². The molecule has 3 nitrogen and oxygen atoms in total. The highest BCUT2D eigenvalue weighted by Crippen LogP contribution is 2.35. The quantitative estimate of drug-likeness (QED) is 0.594. The molecule has 2 aromatic carbocycles. The highest BCUT2D eigenvalue weighted by atomic mass is 16.2. The lowest BCUT2D eigenvalue weighted by Gasteiger charge is -2.38. The molecule has 2 aromatic rings. The maximum atomic E-state index is 11.8. The van der Waals surface area contributed by atoms with Gasteiger partial charge < -0.3 is 0 Å². The van der Waals surface area contributed by atoms with Crippen LogP contribution in [0, 0.1) is 0 Å². The van der Waals surface area contributed by atoms with E-state index in [2.05, 4.69) is 0 Å². The second-order valence-electron chi connectivity index (χ2n) is 4.19. The zero-order valence-electron chi connectivity index (χ0n) is 9.61. The fourth-order valence-corrected chi connectivity index (χ4v) is 2.19. The number of β-lactam (4-membered cyclic amide) rings is 1. The number of ketones is 1. The molecule has 0 radical (unpaired) electrons. The molecule has 3 heteroatoms. The largest absolute Gasteiger partial charge is 0.297 e. The molecule has 0 unspecified atom stereocenters. The number of Topliss-reactive ketones (excluding diaryl/α,β-unsaturated/α-hetero) is 1. The molecule has 0 N–H and O–H groups in total. The molecule has 3 rings (SSSR count). The molecule has 0 aliphatic carbocycles. The third-order valence-electron chi connectivity index (χ3n) is 3.09. The summed E-state index contributed by atoms with van der Waals surface area (Å²) in [6.45, 7) is 0. The van der Waals surface area contributed by atoms with E-state index in [0.29, 0.717) is 0 Å². The number of rotatable bonds is 2. The zero-order chi connectivity index (χ0) is 12.5. The van der Waals surface area contributed by atoms with Gasteiger partial charge in [-0.3, -0.25) is 14.5 Å². The Balaban J connectivity index is 2.00. The normalized spacial score (nSPS) is 18.7. The summed E-state index contributed by atoms with van der Waals surface area (Å²) in [6.07, 6.45) is 0. The van der Waals surface area contributed by atoms with Gasteiger partial charge in [0.25, 0.3) is 5.91 Å². The van der Waals surface area contributed by atoms with E-state index in [4.69, 9.17) is 0 Å². The van der Waals surface area contributed by atoms with Gasteiger partial charge in [-0.1, -0.05) is 48.5 Å². The lowest BCUT2D eigenvalue weighted by atomic mass is 9.91. The van der Waals surface area contributed by atoms with Crippen LogP contribution in [-0.4, -0.2) is 11.7 Å². The zero-order valence-corrected chi connectivity index (χ0v) is 9.61. The molecule has 1 saturated heterocycles. The Hall–Kier alpha value is -2.42. The highest BCUT2D eigenvalue weighted by molar-refractivity contribution is 6.51. The predicted octanol–water partition coefficient (Wildman–Crippen LogP) is 2.34. The molecule has 0 saturated carbocycles. The Morgan fingerprint density at radius 3 is 1.94 bits per heavy atom. The van der Waals surface area contributed by atoms with Gasteiger partial charge in [0, 0.05) is 5.69 Å². The topological polar surface area (TPSA) is 37.4 Å². The van der Waals surface area contributed by atoms with Crippen LogP contribution < -0.4 is 4.90 Å². The number of para-hydroxylation sites is 1. The second kappa shape index (κ2) is 4.11. The molecule has 0 spiro atoms. The first kappa shape index (κ1) is 10.7. The lowest BCUT2D eigenvalue weighted by molar-refractivity contribution is -0.143. The molecular weight excluding hydrogens is 226 g/mol. The van der Waals surface area contributed by atoms with Crippen molar-refractivity contribution in [2.45, 2.75) is 6.04 Å². The molecule has 1 aliphatic heterocycles. The first-order valence-electron chi connectivity index (χ1n) is 5.76. The monoisotopic (exact) mass is 237 g/mol. The molecule has 0 aromatic heterocycles. The van der Waals surface area contributed by atoms with Gasteiger partial charge in [0.05, 0.1) is 0 Å². The average Bonchev–Trinajstić information content (AvgIpc) is 2.45. The van der Waals surface area contributed by atoms with Gasteiger partial charge >= 0.3 is 0 Å². The van der Waals surface area contributed by atoms with E-state index in [9.17, 15) is 9.59 Å². The summed E-state index contributed by atoms with van der Waals surface area (Å²) in [7, 11) is 0. The highest BCUT2D eigenvalue weighted by Gasteiger charge is 2.47. The first-order valence-corrected chi connectivity index (χ1v) is 5.76. The van der Waals surface area contributed by atoms with Gasteiger partial charge in [0.1, 0.15) is 6.04 Å². The Bertz CT molecular complexity index is 537. The molecule has 1 amide bonds. The number of hydrogen-bond donors (Lipinski definition) is 0. The van der Waals surface area contributed by atoms with Gasteiger partial charge in [-0.05, 0) is 17.7 Å². The van der Waals surface area contributed by atoms with Crippen molar-refractivity contribution in [2.75, 3.05) is 4.90 Å². The van der Waals surface area contributed by atoms with Crippen molar-refractivity contribution in [2.24, 2.45) is 0 Å². The minimum atomic E-state index is -0.471. The maximum absolute atomic E-state index is 11.8. The molecule has 1 fully saturated rings. The minimum Gasteiger partial charge on any atom is -0.291 e. The van der Waals surface area contributed by atoms with E-state index in [1.54, 1.807) is 0 Å². The van der Waals surface area contributed by atoms with Gasteiger partial charge in [-0.2, -0.15) is 0 Å². The van der Waals surface area contributed by atoms with Gasteiger partial charge in [-0.15, -0.1) is 0 Å². The third kappa shape index (κ3) is 1.52. The Kier molecular flexibility index (Phi) is 2.45. The molecule has 0 bridgehead atoms. The first-order chi connectivity index (χ1) is 8.79. The van der Waals surface area contributed by atoms with Crippen molar-refractivity contribution in [1.82, 2.24) is 0 Å². The Morgan fingerprint density at radius 1 is 0.778 bits per heavy atom. The average molecular weight is 237 g/mol. The number of nitrogens with zero attached hydrogens (tertiary/aromatic N) is 1. The number of hydrogen-bond acceptors (Lipinski definition) is 2. The summed E-state index contributed by atoms with van der Waals surface area (Å²) in [5, 5.41) is 0. The summed E-state index contributed by atoms with van der Waals surface area (Å²) < 4.78 is 0. The number of anilines is 1. The molecule has 1 aliphatic rings. The summed E-state index contributed by atoms with van der Waals surface area (Å²) in [5.41, 5.74) is 1.61. The van der Waals surface area contributed by atoms with Crippen LogP contribution >= 0.6 is 0 Å². The third-order valence-corrected chi connectivity index (χ3v) is 3.09. The van der Waals surface area contributed by atoms with Crippen LogP contribution in [0.3, 0.4) is 0 Å². The summed E-state index contributed by atoms with van der Waals surface area (Å²) >= 11 is 0. The lowest BCUT2D eigenvalue weighted by Crippen LogP contribution is -2.56. The number of carbonyl (C=O) groups excluding carboxylic acids is 2. The maximum Gasteiger partial charge on any atom is 0.297 e. The van der Waals surface area contributed by atoms with Crippen LogP contribution in [0.15, 0.2) is 60.7 Å². The molecule has 1 atom stereocenters. The van der Waals surface area contributed by atoms with Crippen molar-refractivity contribution in [3.63, 3.8) is 0 Å². The van der Waals surface area contributed by atoms with E-state index in [1.807, 2.05) is 60.7 Å². The standard InChI is InChI=1S/C15H11NO2/c17-14-13(11-7-3-1-4-8-11)16(15(14)18)12-9-5-2-6-10-12/h1-10,13H/t13-/m0/s1. The second-order valence-corrected chi connectivity index (χ2v) is 4.19. The fourth-order valence-electron chi connectivity index (χ4n) is 2.19. The van der Waals surface area contributed by atoms with Crippen molar-refractivity contribution < 1.29 is 9.59 Å². The fraction of sp³-hybridized carbons (Fsp3) is 0.0667. The van der Waals surface area contributed by atoms with Crippen LogP contribution in [-0.2, 0) is 9.59 Å². The van der Waals surface area contributed by atoms with E-state index >= 15 is 0 Å². The predicted molar refractivity (Wildman–Crippen MR) is 68.1 cm³/mol. The van der Waals surface area contributed by atoms with Crippen LogP contribution in [0.1, 0.15) is 11.6 Å². The van der Waals surface area contributed by atoms with E-state index in [1.165, 1.54) is 4.90 Å². The molecule has 88 valence electrons. The molecule has 18 heavy (non-hydrogen) atoms. The molecular formula is C15H11NO2. The Labute approximate surface area is 105 Å². The van der Waals surface area contributed by atoms with Crippen LogP contribution in [0.4, 0.5) is 5.69 Å². The van der Waals surface area contributed by atoms with Gasteiger partial charge in [-0.25, -0.2) is 0 Å². The SMILES string of the molecule is O=C1C(=O)N(c2ccccc2)[C@H]1c1ccccc1. The summed E-state index contributed by atoms with van der Waals surface area (Å²) in [6, 6.07) is 18.1. The van der Waals surface area contributed by atoms with E-state index < -0.39 is 11.9 Å². The van der Waals surface area contributed by atoms with Gasteiger partial charge in [0.15, 0.2) is 0 Å². The summed E-state index contributed by atoms with van der Waals surface area (Å²) in [4.78, 5) is 25.0. The van der Waals surface area contributed by atoms with Crippen LogP contribution in [0.2, 0.25) is 0 Å².